The Labute approximate surface area is 533 Å². The van der Waals surface area contributed by atoms with Crippen molar-refractivity contribution in [3.63, 3.8) is 0 Å². The van der Waals surface area contributed by atoms with E-state index in [4.69, 9.17) is 4.74 Å². The summed E-state index contributed by atoms with van der Waals surface area (Å²) in [6, 6.07) is -0.625. The number of aliphatic hydroxyl groups is 2. The van der Waals surface area contributed by atoms with Crippen LogP contribution in [0.3, 0.4) is 0 Å². The molecule has 0 radical (unpaired) electrons. The largest absolute Gasteiger partial charge is 0.466 e. The molecule has 506 valence electrons. The van der Waals surface area contributed by atoms with Gasteiger partial charge in [0, 0.05) is 12.8 Å². The molecule has 2 atom stereocenters. The van der Waals surface area contributed by atoms with E-state index in [9.17, 15) is 19.8 Å². The van der Waals surface area contributed by atoms with Gasteiger partial charge in [-0.3, -0.25) is 9.59 Å². The first kappa shape index (κ1) is 83.6. The van der Waals surface area contributed by atoms with E-state index in [1.54, 1.807) is 6.08 Å². The highest BCUT2D eigenvalue weighted by Crippen LogP contribution is 2.20. The minimum Gasteiger partial charge on any atom is -0.466 e. The second-order valence-corrected chi connectivity index (χ2v) is 27.4. The summed E-state index contributed by atoms with van der Waals surface area (Å²) in [6.45, 7) is 4.96. The summed E-state index contributed by atoms with van der Waals surface area (Å²) in [5.74, 6) is -0.0348. The maximum atomic E-state index is 12.6. The maximum absolute atomic E-state index is 12.6. The van der Waals surface area contributed by atoms with Crippen molar-refractivity contribution in [2.75, 3.05) is 13.2 Å². The Balaban J connectivity index is 3.35. The summed E-state index contributed by atoms with van der Waals surface area (Å²) in [4.78, 5) is 24.6. The molecule has 0 aromatic heterocycles. The van der Waals surface area contributed by atoms with Crippen LogP contribution in [0.2, 0.25) is 0 Å². The van der Waals surface area contributed by atoms with E-state index in [-0.39, 0.29) is 18.5 Å². The molecule has 85 heavy (non-hydrogen) atoms. The molecule has 3 N–H and O–H groups in total. The van der Waals surface area contributed by atoms with Gasteiger partial charge in [-0.25, -0.2) is 0 Å². The SMILES string of the molecule is CCCCCCCCCCCCCCCCCCCCCCCC/C=C/C(O)C(CO)NC(=O)CCCCCCCCCCCCCCCCCCCCCCCCCCCCCCCCCOC(=O)CCCCCCCCCCCCCCC. The van der Waals surface area contributed by atoms with Crippen molar-refractivity contribution in [1.82, 2.24) is 5.32 Å². The van der Waals surface area contributed by atoms with E-state index in [0.717, 1.165) is 38.5 Å². The number of unbranched alkanes of at least 4 members (excludes halogenated alkanes) is 64. The number of nitrogens with one attached hydrogen (secondary N) is 1. The maximum Gasteiger partial charge on any atom is 0.305 e. The average molecular weight is 1200 g/mol. The summed E-state index contributed by atoms with van der Waals surface area (Å²) in [5, 5.41) is 23.3. The van der Waals surface area contributed by atoms with E-state index in [1.165, 1.54) is 392 Å². The van der Waals surface area contributed by atoms with Gasteiger partial charge in [-0.05, 0) is 32.1 Å². The Morgan fingerprint density at radius 1 is 0.318 bits per heavy atom. The minimum absolute atomic E-state index is 0.0232. The van der Waals surface area contributed by atoms with Crippen molar-refractivity contribution >= 4 is 11.9 Å². The predicted molar refractivity (Wildman–Crippen MR) is 375 cm³/mol. The van der Waals surface area contributed by atoms with E-state index in [1.807, 2.05) is 6.08 Å². The van der Waals surface area contributed by atoms with E-state index in [2.05, 4.69) is 19.2 Å². The van der Waals surface area contributed by atoms with Crippen molar-refractivity contribution in [2.24, 2.45) is 0 Å². The van der Waals surface area contributed by atoms with Crippen LogP contribution in [0.1, 0.15) is 457 Å². The zero-order chi connectivity index (χ0) is 61.3. The number of rotatable bonds is 75. The number of amides is 1. The Morgan fingerprint density at radius 2 is 0.541 bits per heavy atom. The van der Waals surface area contributed by atoms with Gasteiger partial charge in [0.05, 0.1) is 25.4 Å². The van der Waals surface area contributed by atoms with Crippen LogP contribution in [-0.2, 0) is 14.3 Å². The molecule has 0 rings (SSSR count). The second kappa shape index (κ2) is 75.1. The summed E-state index contributed by atoms with van der Waals surface area (Å²) < 4.78 is 5.50. The minimum atomic E-state index is -0.842. The lowest BCUT2D eigenvalue weighted by Crippen LogP contribution is -2.45. The molecule has 6 heteroatoms. The molecule has 0 heterocycles. The molecular formula is C79H155NO5. The molecule has 0 fully saturated rings. The molecule has 0 saturated heterocycles. The van der Waals surface area contributed by atoms with Crippen LogP contribution in [0.15, 0.2) is 12.2 Å². The van der Waals surface area contributed by atoms with E-state index < -0.39 is 12.1 Å². The van der Waals surface area contributed by atoms with E-state index in [0.29, 0.717) is 19.4 Å². The molecule has 0 bridgehead atoms. The normalized spacial score (nSPS) is 12.5. The van der Waals surface area contributed by atoms with Crippen LogP contribution < -0.4 is 5.32 Å². The van der Waals surface area contributed by atoms with Gasteiger partial charge in [-0.15, -0.1) is 0 Å². The lowest BCUT2D eigenvalue weighted by atomic mass is 10.0. The third-order valence-corrected chi connectivity index (χ3v) is 18.8. The molecule has 0 aliphatic rings. The van der Waals surface area contributed by atoms with Gasteiger partial charge in [0.25, 0.3) is 0 Å². The summed E-state index contributed by atoms with van der Waals surface area (Å²) in [6.07, 6.45) is 94.8. The van der Waals surface area contributed by atoms with Gasteiger partial charge in [0.1, 0.15) is 0 Å². The van der Waals surface area contributed by atoms with Crippen LogP contribution in [0.5, 0.6) is 0 Å². The fourth-order valence-electron chi connectivity index (χ4n) is 12.8. The monoisotopic (exact) mass is 1200 g/mol. The van der Waals surface area contributed by atoms with Crippen LogP contribution in [0, 0.1) is 0 Å². The van der Waals surface area contributed by atoms with Crippen molar-refractivity contribution in [3.05, 3.63) is 12.2 Å². The molecular weight excluding hydrogens is 1040 g/mol. The molecule has 0 aliphatic heterocycles. The van der Waals surface area contributed by atoms with Crippen LogP contribution in [0.25, 0.3) is 0 Å². The standard InChI is InChI=1S/C79H155NO5/c1-3-5-7-9-11-13-15-17-18-19-20-21-22-32-35-38-41-44-48-51-55-59-63-67-71-77(82)76(75-81)80-78(83)72-68-64-60-56-52-49-45-42-39-36-33-30-28-26-24-23-25-27-29-31-34-37-40-43-46-50-54-58-62-66-70-74-85-79(84)73-69-65-61-57-53-47-16-14-12-10-8-6-4-2/h67,71,76-77,81-82H,3-66,68-70,72-75H2,1-2H3,(H,80,83)/b71-67+. The third-order valence-electron chi connectivity index (χ3n) is 18.8. The Morgan fingerprint density at radius 3 is 0.800 bits per heavy atom. The predicted octanol–water partition coefficient (Wildman–Crippen LogP) is 25.9. The number of hydrogen-bond acceptors (Lipinski definition) is 5. The topological polar surface area (TPSA) is 95.9 Å². The van der Waals surface area contributed by atoms with Crippen molar-refractivity contribution < 1.29 is 24.5 Å². The van der Waals surface area contributed by atoms with Gasteiger partial charge in [0.15, 0.2) is 0 Å². The number of esters is 1. The van der Waals surface area contributed by atoms with Gasteiger partial charge in [-0.2, -0.15) is 0 Å². The molecule has 2 unspecified atom stereocenters. The van der Waals surface area contributed by atoms with Crippen LogP contribution >= 0.6 is 0 Å². The number of carbonyl (C=O) groups is 2. The Bertz CT molecular complexity index is 1290. The van der Waals surface area contributed by atoms with Gasteiger partial charge >= 0.3 is 5.97 Å². The number of carbonyl (C=O) groups excluding carboxylic acids is 2. The number of aliphatic hydroxyl groups excluding tert-OH is 2. The van der Waals surface area contributed by atoms with Crippen molar-refractivity contribution in [3.8, 4) is 0 Å². The van der Waals surface area contributed by atoms with Gasteiger partial charge in [-0.1, -0.05) is 424 Å². The lowest BCUT2D eigenvalue weighted by molar-refractivity contribution is -0.143. The highest BCUT2D eigenvalue weighted by atomic mass is 16.5. The molecule has 0 aromatic rings. The fraction of sp³-hybridized carbons (Fsp3) is 0.949. The molecule has 0 aliphatic carbocycles. The highest BCUT2D eigenvalue weighted by Gasteiger charge is 2.18. The highest BCUT2D eigenvalue weighted by molar-refractivity contribution is 5.76. The lowest BCUT2D eigenvalue weighted by Gasteiger charge is -2.20. The molecule has 0 spiro atoms. The molecule has 0 saturated carbocycles. The Kier molecular flexibility index (Phi) is 73.8. The van der Waals surface area contributed by atoms with Crippen LogP contribution in [0.4, 0.5) is 0 Å². The quantitative estimate of drug-likeness (QED) is 0.0320. The first-order valence-electron chi connectivity index (χ1n) is 39.5. The van der Waals surface area contributed by atoms with Crippen LogP contribution in [-0.4, -0.2) is 47.4 Å². The second-order valence-electron chi connectivity index (χ2n) is 27.4. The summed E-state index contributed by atoms with van der Waals surface area (Å²) >= 11 is 0. The van der Waals surface area contributed by atoms with E-state index >= 15 is 0 Å². The number of hydrogen-bond donors (Lipinski definition) is 3. The number of ether oxygens (including phenoxy) is 1. The summed E-state index contributed by atoms with van der Waals surface area (Å²) in [5.41, 5.74) is 0. The van der Waals surface area contributed by atoms with Crippen molar-refractivity contribution in [2.45, 2.75) is 469 Å². The van der Waals surface area contributed by atoms with Gasteiger partial charge in [0.2, 0.25) is 5.91 Å². The fourth-order valence-corrected chi connectivity index (χ4v) is 12.8. The zero-order valence-electron chi connectivity index (χ0n) is 58.1. The van der Waals surface area contributed by atoms with Gasteiger partial charge < -0.3 is 20.3 Å². The number of allylic oxidation sites excluding steroid dienone is 1. The smallest absolute Gasteiger partial charge is 0.305 e. The first-order valence-corrected chi connectivity index (χ1v) is 39.5. The third kappa shape index (κ3) is 71.6. The van der Waals surface area contributed by atoms with Crippen molar-refractivity contribution in [1.29, 1.82) is 0 Å². The molecule has 0 aromatic carbocycles. The Hall–Kier alpha value is -1.40. The summed E-state index contributed by atoms with van der Waals surface area (Å²) in [7, 11) is 0. The molecule has 6 nitrogen and oxygen atoms in total. The first-order chi connectivity index (χ1) is 42.0. The average Bonchev–Trinajstić information content (AvgIpc) is 3.54. The zero-order valence-corrected chi connectivity index (χ0v) is 58.1. The molecule has 1 amide bonds.